The standard InChI is InChI=1S/C28H37F2NO3Si/c1-27(2,3)35(5,6)34-25(28(29,30)22-10-8-7-9-11-22)18-14-23-15-19-26(32)31(23)20-21-12-16-24(33-4)17-13-21/h7-14,16-18,23,25H,15,19-20H2,1-6H3/t23-,25?/m0/s1. The summed E-state index contributed by atoms with van der Waals surface area (Å²) in [6.07, 6.45) is 2.79. The van der Waals surface area contributed by atoms with Gasteiger partial charge in [0.1, 0.15) is 11.9 Å². The maximum atomic E-state index is 15.8. The third kappa shape index (κ3) is 6.38. The number of hydrogen-bond acceptors (Lipinski definition) is 3. The molecule has 0 aromatic heterocycles. The first-order valence-corrected chi connectivity index (χ1v) is 15.0. The Bertz CT molecular complexity index is 1020. The highest BCUT2D eigenvalue weighted by molar-refractivity contribution is 6.74. The quantitative estimate of drug-likeness (QED) is 0.276. The minimum Gasteiger partial charge on any atom is -0.497 e. The number of alkyl halides is 2. The molecule has 2 atom stereocenters. The first kappa shape index (κ1) is 27.1. The molecule has 1 heterocycles. The number of carbonyl (C=O) groups excluding carboxylic acids is 1. The Kier molecular flexibility index (Phi) is 8.22. The van der Waals surface area contributed by atoms with Crippen molar-refractivity contribution in [2.75, 3.05) is 7.11 Å². The molecule has 0 N–H and O–H groups in total. The Balaban J connectivity index is 1.87. The van der Waals surface area contributed by atoms with E-state index in [0.717, 1.165) is 11.3 Å². The molecule has 1 aliphatic heterocycles. The summed E-state index contributed by atoms with van der Waals surface area (Å²) >= 11 is 0. The number of hydrogen-bond donors (Lipinski definition) is 0. The van der Waals surface area contributed by atoms with Crippen LogP contribution in [-0.4, -0.2) is 38.4 Å². The number of amides is 1. The largest absolute Gasteiger partial charge is 0.497 e. The Morgan fingerprint density at radius 1 is 1.09 bits per heavy atom. The minimum atomic E-state index is -3.21. The monoisotopic (exact) mass is 501 g/mol. The Morgan fingerprint density at radius 2 is 1.71 bits per heavy atom. The number of nitrogens with zero attached hydrogens (tertiary/aromatic N) is 1. The molecule has 4 nitrogen and oxygen atoms in total. The van der Waals surface area contributed by atoms with Crippen molar-refractivity contribution in [2.24, 2.45) is 0 Å². The molecule has 0 bridgehead atoms. The fraction of sp³-hybridized carbons (Fsp3) is 0.464. The van der Waals surface area contributed by atoms with Crippen LogP contribution in [0.4, 0.5) is 8.78 Å². The second kappa shape index (κ2) is 10.6. The van der Waals surface area contributed by atoms with Crippen LogP contribution >= 0.6 is 0 Å². The van der Waals surface area contributed by atoms with Gasteiger partial charge >= 0.3 is 5.92 Å². The minimum absolute atomic E-state index is 0.0205. The number of carbonyl (C=O) groups is 1. The molecule has 1 amide bonds. The Labute approximate surface area is 209 Å². The van der Waals surface area contributed by atoms with Crippen LogP contribution in [0.3, 0.4) is 0 Å². The summed E-state index contributed by atoms with van der Waals surface area (Å²) in [5.41, 5.74) is 0.883. The van der Waals surface area contributed by atoms with E-state index in [1.165, 1.54) is 18.2 Å². The van der Waals surface area contributed by atoms with Crippen LogP contribution in [0.25, 0.3) is 0 Å². The SMILES string of the molecule is COc1ccc(CN2C(=O)CC[C@@H]2C=CC(O[Si](C)(C)C(C)(C)C)C(F)(F)c2ccccc2)cc1. The molecule has 0 spiro atoms. The van der Waals surface area contributed by atoms with E-state index in [-0.39, 0.29) is 22.6 Å². The summed E-state index contributed by atoms with van der Waals surface area (Å²) in [5.74, 6) is -2.45. The number of halogens is 2. The molecule has 0 aliphatic carbocycles. The highest BCUT2D eigenvalue weighted by Crippen LogP contribution is 2.42. The molecule has 0 radical (unpaired) electrons. The maximum absolute atomic E-state index is 15.8. The van der Waals surface area contributed by atoms with Gasteiger partial charge in [0.05, 0.1) is 13.2 Å². The van der Waals surface area contributed by atoms with Crippen molar-refractivity contribution in [1.82, 2.24) is 4.90 Å². The second-order valence-electron chi connectivity index (χ2n) is 10.6. The van der Waals surface area contributed by atoms with E-state index in [4.69, 9.17) is 9.16 Å². The lowest BCUT2D eigenvalue weighted by molar-refractivity contribution is -0.129. The van der Waals surface area contributed by atoms with Crippen molar-refractivity contribution in [3.05, 3.63) is 77.9 Å². The van der Waals surface area contributed by atoms with E-state index in [1.807, 2.05) is 58.1 Å². The predicted octanol–water partition coefficient (Wildman–Crippen LogP) is 6.92. The van der Waals surface area contributed by atoms with Crippen LogP contribution in [0, 0.1) is 0 Å². The maximum Gasteiger partial charge on any atom is 0.301 e. The molecule has 1 unspecified atom stereocenters. The van der Waals surface area contributed by atoms with Gasteiger partial charge in [0.15, 0.2) is 8.32 Å². The molecule has 35 heavy (non-hydrogen) atoms. The topological polar surface area (TPSA) is 38.8 Å². The third-order valence-corrected chi connectivity index (χ3v) is 11.6. The number of methoxy groups -OCH3 is 1. The molecule has 7 heteroatoms. The summed E-state index contributed by atoms with van der Waals surface area (Å²) < 4.78 is 43.0. The van der Waals surface area contributed by atoms with E-state index in [2.05, 4.69) is 0 Å². The third-order valence-electron chi connectivity index (χ3n) is 7.14. The molecule has 0 saturated carbocycles. The van der Waals surface area contributed by atoms with Crippen LogP contribution in [0.5, 0.6) is 5.75 Å². The van der Waals surface area contributed by atoms with Crippen molar-refractivity contribution in [1.29, 1.82) is 0 Å². The van der Waals surface area contributed by atoms with Crippen LogP contribution < -0.4 is 4.74 Å². The van der Waals surface area contributed by atoms with Gasteiger partial charge in [0.2, 0.25) is 5.91 Å². The highest BCUT2D eigenvalue weighted by Gasteiger charge is 2.47. The summed E-state index contributed by atoms with van der Waals surface area (Å²) in [5, 5.41) is -0.227. The molecule has 190 valence electrons. The van der Waals surface area contributed by atoms with Crippen LogP contribution in [0.2, 0.25) is 18.1 Å². The summed E-state index contributed by atoms with van der Waals surface area (Å²) in [7, 11) is -0.907. The zero-order valence-electron chi connectivity index (χ0n) is 21.6. The van der Waals surface area contributed by atoms with Crippen LogP contribution in [0.1, 0.15) is 44.7 Å². The number of benzene rings is 2. The Hall–Kier alpha value is -2.51. The lowest BCUT2D eigenvalue weighted by atomic mass is 10.0. The molecule has 1 fully saturated rings. The van der Waals surface area contributed by atoms with Crippen molar-refractivity contribution in [3.63, 3.8) is 0 Å². The van der Waals surface area contributed by atoms with Crippen molar-refractivity contribution in [3.8, 4) is 5.75 Å². The van der Waals surface area contributed by atoms with Crippen molar-refractivity contribution in [2.45, 2.75) is 76.4 Å². The van der Waals surface area contributed by atoms with Crippen LogP contribution in [0.15, 0.2) is 66.7 Å². The molecular weight excluding hydrogens is 464 g/mol. The summed E-state index contributed by atoms with van der Waals surface area (Å²) in [6, 6.07) is 15.1. The van der Waals surface area contributed by atoms with Crippen molar-refractivity contribution >= 4 is 14.2 Å². The fourth-order valence-electron chi connectivity index (χ4n) is 3.87. The van der Waals surface area contributed by atoms with E-state index in [9.17, 15) is 4.79 Å². The zero-order valence-corrected chi connectivity index (χ0v) is 22.6. The normalized spacial score (nSPS) is 18.3. The van der Waals surface area contributed by atoms with Gasteiger partial charge in [-0.15, -0.1) is 0 Å². The average Bonchev–Trinajstić information content (AvgIpc) is 3.16. The zero-order chi connectivity index (χ0) is 25.9. The molecule has 2 aromatic rings. The smallest absolute Gasteiger partial charge is 0.301 e. The number of ether oxygens (including phenoxy) is 1. The van der Waals surface area contributed by atoms with Gasteiger partial charge < -0.3 is 14.1 Å². The number of likely N-dealkylation sites (tertiary alicyclic amines) is 1. The predicted molar refractivity (Wildman–Crippen MR) is 138 cm³/mol. The van der Waals surface area contributed by atoms with Gasteiger partial charge in [0, 0.05) is 18.5 Å². The first-order valence-electron chi connectivity index (χ1n) is 12.1. The first-order chi connectivity index (χ1) is 16.3. The molecule has 1 saturated heterocycles. The van der Waals surface area contributed by atoms with E-state index < -0.39 is 20.3 Å². The van der Waals surface area contributed by atoms with E-state index in [0.29, 0.717) is 19.4 Å². The van der Waals surface area contributed by atoms with Gasteiger partial charge in [-0.05, 0) is 42.2 Å². The highest BCUT2D eigenvalue weighted by atomic mass is 28.4. The lowest BCUT2D eigenvalue weighted by Gasteiger charge is -2.40. The molecule has 1 aliphatic rings. The summed E-state index contributed by atoms with van der Waals surface area (Å²) in [6.45, 7) is 10.5. The second-order valence-corrected chi connectivity index (χ2v) is 15.4. The van der Waals surface area contributed by atoms with Gasteiger partial charge in [-0.25, -0.2) is 0 Å². The molecule has 2 aromatic carbocycles. The van der Waals surface area contributed by atoms with Gasteiger partial charge in [0.25, 0.3) is 0 Å². The lowest BCUT2D eigenvalue weighted by Crippen LogP contribution is -2.48. The van der Waals surface area contributed by atoms with E-state index in [1.54, 1.807) is 36.3 Å². The van der Waals surface area contributed by atoms with Gasteiger partial charge in [-0.1, -0.05) is 75.4 Å². The summed E-state index contributed by atoms with van der Waals surface area (Å²) in [4.78, 5) is 14.4. The van der Waals surface area contributed by atoms with Gasteiger partial charge in [-0.2, -0.15) is 8.78 Å². The molecule has 3 rings (SSSR count). The molecular formula is C28H37F2NO3Si. The average molecular weight is 502 g/mol. The van der Waals surface area contributed by atoms with Gasteiger partial charge in [-0.3, -0.25) is 4.79 Å². The van der Waals surface area contributed by atoms with Crippen molar-refractivity contribution < 1.29 is 22.7 Å². The van der Waals surface area contributed by atoms with E-state index >= 15 is 8.78 Å². The fourth-order valence-corrected chi connectivity index (χ4v) is 5.09. The Morgan fingerprint density at radius 3 is 2.29 bits per heavy atom. The van der Waals surface area contributed by atoms with Crippen LogP contribution in [-0.2, 0) is 21.7 Å². The number of rotatable bonds is 9.